The number of pyridine rings is 1. The summed E-state index contributed by atoms with van der Waals surface area (Å²) >= 11 is 0. The molecule has 5 nitrogen and oxygen atoms in total. The van der Waals surface area contributed by atoms with E-state index in [1.165, 1.54) is 37.0 Å². The van der Waals surface area contributed by atoms with Gasteiger partial charge in [-0.05, 0) is 86.1 Å². The maximum absolute atomic E-state index is 13.7. The summed E-state index contributed by atoms with van der Waals surface area (Å²) in [6.07, 6.45) is 13.3. The van der Waals surface area contributed by atoms with E-state index in [1.54, 1.807) is 24.4 Å². The largest absolute Gasteiger partial charge is 0.381 e. The summed E-state index contributed by atoms with van der Waals surface area (Å²) in [5.74, 6) is 2.05. The van der Waals surface area contributed by atoms with Crippen LogP contribution >= 0.6 is 0 Å². The van der Waals surface area contributed by atoms with E-state index in [-0.39, 0.29) is 10.8 Å². The Kier molecular flexibility index (Phi) is 6.79. The molecule has 2 unspecified atom stereocenters. The van der Waals surface area contributed by atoms with Crippen LogP contribution in [0.2, 0.25) is 0 Å². The molecule has 6 heteroatoms. The third-order valence-corrected chi connectivity index (χ3v) is 11.0. The zero-order valence-electron chi connectivity index (χ0n) is 23.2. The Morgan fingerprint density at radius 1 is 0.974 bits per heavy atom. The quantitative estimate of drug-likeness (QED) is 0.313. The number of sulfone groups is 1. The Morgan fingerprint density at radius 2 is 1.74 bits per heavy atom. The normalized spacial score (nSPS) is 25.4. The molecule has 1 aromatic heterocycles. The monoisotopic (exact) mass is 534 g/mol. The van der Waals surface area contributed by atoms with Crippen LogP contribution in [-0.2, 0) is 21.0 Å². The van der Waals surface area contributed by atoms with Crippen LogP contribution in [-0.4, -0.2) is 32.3 Å². The van der Waals surface area contributed by atoms with Crippen molar-refractivity contribution in [1.29, 1.82) is 0 Å². The number of aliphatic imine (C=N–C) groups is 1. The Morgan fingerprint density at radius 3 is 2.47 bits per heavy atom. The van der Waals surface area contributed by atoms with Gasteiger partial charge >= 0.3 is 0 Å². The van der Waals surface area contributed by atoms with Crippen molar-refractivity contribution >= 4 is 21.2 Å². The van der Waals surface area contributed by atoms with Gasteiger partial charge in [-0.25, -0.2) is 8.42 Å². The summed E-state index contributed by atoms with van der Waals surface area (Å²) in [7, 11) is -3.65. The third-order valence-electron chi connectivity index (χ3n) is 9.26. The van der Waals surface area contributed by atoms with Crippen molar-refractivity contribution in [2.75, 3.05) is 13.2 Å². The molecule has 2 saturated carbocycles. The van der Waals surface area contributed by atoms with Crippen molar-refractivity contribution in [2.24, 2.45) is 27.7 Å². The summed E-state index contributed by atoms with van der Waals surface area (Å²) in [4.78, 5) is 10.4. The second kappa shape index (κ2) is 9.85. The first-order valence-corrected chi connectivity index (χ1v) is 16.2. The van der Waals surface area contributed by atoms with Crippen LogP contribution in [0.15, 0.2) is 51.3 Å². The smallest absolute Gasteiger partial charge is 0.206 e. The average molecular weight is 535 g/mol. The van der Waals surface area contributed by atoms with E-state index >= 15 is 0 Å². The van der Waals surface area contributed by atoms with Crippen LogP contribution < -0.4 is 0 Å². The molecular formula is C32H42N2O3S. The lowest BCUT2D eigenvalue weighted by Gasteiger charge is -2.36. The van der Waals surface area contributed by atoms with Gasteiger partial charge in [0.25, 0.3) is 0 Å². The fourth-order valence-electron chi connectivity index (χ4n) is 7.03. The highest BCUT2D eigenvalue weighted by molar-refractivity contribution is 7.91. The number of ether oxygens (including phenoxy) is 1. The molecular weight excluding hydrogens is 492 g/mol. The maximum atomic E-state index is 13.7. The number of unbranched alkanes of at least 4 members (excludes halogenated alkanes) is 1. The van der Waals surface area contributed by atoms with Gasteiger partial charge in [-0.15, -0.1) is 0 Å². The lowest BCUT2D eigenvalue weighted by Crippen LogP contribution is -2.35. The molecule has 2 aliphatic heterocycles. The SMILES string of the molecule is CC(C)(C)C1=Nc2cc(S(=O)(=O)c3ccnc(CCCCC4CC4)c3)ccc2C2CC12CC1CCOCC1. The molecule has 6 rings (SSSR count). The van der Waals surface area contributed by atoms with Crippen LogP contribution in [0.5, 0.6) is 0 Å². The third kappa shape index (κ3) is 5.11. The Balaban J connectivity index is 1.26. The highest BCUT2D eigenvalue weighted by Crippen LogP contribution is 2.69. The second-order valence-corrected chi connectivity index (χ2v) is 15.2. The van der Waals surface area contributed by atoms with Gasteiger partial charge in [0.2, 0.25) is 9.84 Å². The Hall–Kier alpha value is -2.05. The van der Waals surface area contributed by atoms with E-state index in [1.807, 2.05) is 12.1 Å². The molecule has 2 aromatic rings. The van der Waals surface area contributed by atoms with Crippen molar-refractivity contribution in [3.8, 4) is 0 Å². The summed E-state index contributed by atoms with van der Waals surface area (Å²) in [6, 6.07) is 9.07. The van der Waals surface area contributed by atoms with Gasteiger partial charge in [-0.3, -0.25) is 9.98 Å². The molecule has 2 atom stereocenters. The van der Waals surface area contributed by atoms with Gasteiger partial charge in [0.05, 0.1) is 15.5 Å². The fraction of sp³-hybridized carbons (Fsp3) is 0.625. The van der Waals surface area contributed by atoms with Crippen molar-refractivity contribution < 1.29 is 13.2 Å². The van der Waals surface area contributed by atoms with E-state index in [4.69, 9.17) is 9.73 Å². The van der Waals surface area contributed by atoms with Crippen LogP contribution in [0.3, 0.4) is 0 Å². The minimum Gasteiger partial charge on any atom is -0.381 e. The van der Waals surface area contributed by atoms with Gasteiger partial charge in [0.15, 0.2) is 0 Å². The predicted octanol–water partition coefficient (Wildman–Crippen LogP) is 7.46. The van der Waals surface area contributed by atoms with E-state index in [0.717, 1.165) is 69.0 Å². The molecule has 0 spiro atoms. The highest BCUT2D eigenvalue weighted by atomic mass is 32.2. The molecule has 0 N–H and O–H groups in total. The number of aryl methyl sites for hydroxylation is 1. The average Bonchev–Trinajstić information content (AvgIpc) is 3.82. The Bertz CT molecular complexity index is 1330. The number of aromatic nitrogens is 1. The number of fused-ring (bicyclic) bond motifs is 3. The lowest BCUT2D eigenvalue weighted by molar-refractivity contribution is 0.0596. The number of rotatable bonds is 9. The van der Waals surface area contributed by atoms with Crippen LogP contribution in [0.4, 0.5) is 5.69 Å². The molecule has 2 aliphatic carbocycles. The molecule has 3 fully saturated rings. The molecule has 4 aliphatic rings. The lowest BCUT2D eigenvalue weighted by atomic mass is 9.72. The number of hydrogen-bond acceptors (Lipinski definition) is 5. The molecule has 1 aromatic carbocycles. The Labute approximate surface area is 228 Å². The zero-order valence-corrected chi connectivity index (χ0v) is 24.0. The van der Waals surface area contributed by atoms with E-state index < -0.39 is 9.84 Å². The highest BCUT2D eigenvalue weighted by Gasteiger charge is 2.62. The van der Waals surface area contributed by atoms with E-state index in [9.17, 15) is 8.42 Å². The van der Waals surface area contributed by atoms with Crippen molar-refractivity contribution in [1.82, 2.24) is 4.98 Å². The summed E-state index contributed by atoms with van der Waals surface area (Å²) in [5.41, 5.74) is 4.23. The van der Waals surface area contributed by atoms with E-state index in [2.05, 4.69) is 25.8 Å². The first-order valence-electron chi connectivity index (χ1n) is 14.7. The topological polar surface area (TPSA) is 68.6 Å². The van der Waals surface area contributed by atoms with Crippen molar-refractivity contribution in [3.05, 3.63) is 47.8 Å². The molecule has 204 valence electrons. The molecule has 38 heavy (non-hydrogen) atoms. The summed E-state index contributed by atoms with van der Waals surface area (Å²) < 4.78 is 33.0. The molecule has 3 heterocycles. The standard InChI is InChI=1S/C32H42N2O3S/c1-31(2,3)30-32(20-23-13-16-37-17-14-23)21-28(32)27-11-10-25(19-29(27)34-30)38(35,36)26-12-15-33-24(18-26)7-5-4-6-22-8-9-22/h10-12,15,18-19,22-23,28H,4-9,13-14,16-17,20-21H2,1-3H3. The van der Waals surface area contributed by atoms with Gasteiger partial charge in [0.1, 0.15) is 0 Å². The van der Waals surface area contributed by atoms with Gasteiger partial charge in [-0.2, -0.15) is 0 Å². The fourth-order valence-corrected chi connectivity index (χ4v) is 8.35. The summed E-state index contributed by atoms with van der Waals surface area (Å²) in [5, 5.41) is 0. The molecule has 0 amide bonds. The zero-order chi connectivity index (χ0) is 26.5. The van der Waals surface area contributed by atoms with E-state index in [0.29, 0.717) is 21.6 Å². The molecule has 1 saturated heterocycles. The van der Waals surface area contributed by atoms with Gasteiger partial charge in [0, 0.05) is 41.6 Å². The first kappa shape index (κ1) is 26.2. The predicted molar refractivity (Wildman–Crippen MR) is 151 cm³/mol. The van der Waals surface area contributed by atoms with Crippen molar-refractivity contribution in [2.45, 2.75) is 101 Å². The number of benzene rings is 1. The summed E-state index contributed by atoms with van der Waals surface area (Å²) in [6.45, 7) is 8.48. The maximum Gasteiger partial charge on any atom is 0.206 e. The second-order valence-electron chi connectivity index (χ2n) is 13.3. The van der Waals surface area contributed by atoms with Crippen LogP contribution in [0, 0.1) is 22.7 Å². The minimum absolute atomic E-state index is 0.0635. The molecule has 0 bridgehead atoms. The number of nitrogens with zero attached hydrogens (tertiary/aromatic N) is 2. The van der Waals surface area contributed by atoms with Crippen LogP contribution in [0.1, 0.15) is 95.7 Å². The minimum atomic E-state index is -3.65. The first-order chi connectivity index (χ1) is 18.2. The van der Waals surface area contributed by atoms with Gasteiger partial charge in [-0.1, -0.05) is 52.5 Å². The van der Waals surface area contributed by atoms with Crippen LogP contribution in [0.25, 0.3) is 0 Å². The van der Waals surface area contributed by atoms with Gasteiger partial charge < -0.3 is 4.74 Å². The van der Waals surface area contributed by atoms with Crippen molar-refractivity contribution in [3.63, 3.8) is 0 Å². The molecule has 0 radical (unpaired) electrons. The number of hydrogen-bond donors (Lipinski definition) is 0.